The minimum Gasteiger partial charge on any atom is -0.310 e. The predicted octanol–water partition coefficient (Wildman–Crippen LogP) is 15.2. The fourth-order valence-electron chi connectivity index (χ4n) is 12.1. The van der Waals surface area contributed by atoms with Crippen molar-refractivity contribution in [1.29, 1.82) is 0 Å². The number of nitrogens with zero attached hydrogens (tertiary/aromatic N) is 3. The predicted molar refractivity (Wildman–Crippen MR) is 258 cm³/mol. The second-order valence-electron chi connectivity index (χ2n) is 17.2. The Kier molecular flexibility index (Phi) is 6.10. The molecule has 0 saturated carbocycles. The standard InChI is InChI=1S/C59H35N3/c1-3-15-37(16-4-1)60(38-17-5-2-6-18-38)39-29-32-41-40-19-7-11-23-47(40)59(50(41)35-39)48-24-12-8-22-46(48)55-49(59)33-34-53-58(55)62-52-26-14-10-21-43(52)45-31-28-36-27-30-44-42-20-9-13-25-51(42)61(53)56(44)54(36)57(45)62/h1-35H. The van der Waals surface area contributed by atoms with E-state index in [4.69, 9.17) is 0 Å². The number of fused-ring (bicyclic) bond motifs is 20. The highest BCUT2D eigenvalue weighted by Gasteiger charge is 2.52. The fourth-order valence-corrected chi connectivity index (χ4v) is 12.1. The van der Waals surface area contributed by atoms with Crippen LogP contribution in [0.25, 0.3) is 87.7 Å². The maximum Gasteiger partial charge on any atom is 0.0785 e. The molecule has 0 fully saturated rings. The zero-order valence-corrected chi connectivity index (χ0v) is 33.5. The van der Waals surface area contributed by atoms with Gasteiger partial charge >= 0.3 is 0 Å². The fraction of sp³-hybridized carbons (Fsp3) is 0.0169. The molecule has 0 bridgehead atoms. The Morgan fingerprint density at radius 3 is 1.56 bits per heavy atom. The van der Waals surface area contributed by atoms with Crippen molar-refractivity contribution in [2.75, 3.05) is 4.90 Å². The Morgan fingerprint density at radius 2 is 0.871 bits per heavy atom. The first-order valence-electron chi connectivity index (χ1n) is 21.6. The van der Waals surface area contributed by atoms with E-state index < -0.39 is 5.41 Å². The zero-order valence-electron chi connectivity index (χ0n) is 33.5. The first kappa shape index (κ1) is 32.7. The molecular formula is C59H35N3. The first-order valence-corrected chi connectivity index (χ1v) is 21.6. The summed E-state index contributed by atoms with van der Waals surface area (Å²) in [6.07, 6.45) is 0. The summed E-state index contributed by atoms with van der Waals surface area (Å²) in [6, 6.07) is 79.5. The van der Waals surface area contributed by atoms with Gasteiger partial charge in [-0.15, -0.1) is 0 Å². The second-order valence-corrected chi connectivity index (χ2v) is 17.2. The van der Waals surface area contributed by atoms with Crippen LogP contribution in [0.4, 0.5) is 17.1 Å². The Labute approximate surface area is 356 Å². The van der Waals surface area contributed by atoms with Crippen LogP contribution in [-0.4, -0.2) is 8.80 Å². The van der Waals surface area contributed by atoms with Crippen molar-refractivity contribution in [3.63, 3.8) is 0 Å². The van der Waals surface area contributed by atoms with E-state index in [2.05, 4.69) is 226 Å². The SMILES string of the molecule is c1ccc(N(c2ccccc2)c2ccc3c(c2)C2(c4ccccc4-3)c3ccccc3-c3c2ccc2c3n3c4ccccc4c4ccc5ccc6c7ccccc7n2c6c5c43)cc1. The summed E-state index contributed by atoms with van der Waals surface area (Å²) < 4.78 is 5.23. The molecule has 286 valence electrons. The van der Waals surface area contributed by atoms with Gasteiger partial charge in [-0.3, -0.25) is 0 Å². The molecule has 3 heterocycles. The minimum atomic E-state index is -0.566. The third-order valence-electron chi connectivity index (χ3n) is 14.4. The van der Waals surface area contributed by atoms with E-state index >= 15 is 0 Å². The summed E-state index contributed by atoms with van der Waals surface area (Å²) in [7, 11) is 0. The van der Waals surface area contributed by atoms with Gasteiger partial charge < -0.3 is 13.7 Å². The molecule has 1 unspecified atom stereocenters. The summed E-state index contributed by atoms with van der Waals surface area (Å²) in [5, 5.41) is 7.69. The van der Waals surface area contributed by atoms with Gasteiger partial charge in [-0.2, -0.15) is 0 Å². The molecule has 1 spiro atoms. The summed E-state index contributed by atoms with van der Waals surface area (Å²) in [6.45, 7) is 0. The molecule has 3 nitrogen and oxygen atoms in total. The van der Waals surface area contributed by atoms with Crippen molar-refractivity contribution in [1.82, 2.24) is 8.80 Å². The zero-order chi connectivity index (χ0) is 40.3. The number of aromatic nitrogens is 2. The first-order chi connectivity index (χ1) is 30.8. The van der Waals surface area contributed by atoms with Crippen molar-refractivity contribution in [3.05, 3.63) is 235 Å². The van der Waals surface area contributed by atoms with E-state index in [1.165, 1.54) is 110 Å². The Balaban J connectivity index is 1.16. The average molecular weight is 786 g/mol. The summed E-state index contributed by atoms with van der Waals surface area (Å²) >= 11 is 0. The van der Waals surface area contributed by atoms with Crippen LogP contribution in [0.2, 0.25) is 0 Å². The molecule has 15 rings (SSSR count). The lowest BCUT2D eigenvalue weighted by atomic mass is 9.70. The van der Waals surface area contributed by atoms with Crippen LogP contribution in [0, 0.1) is 0 Å². The lowest BCUT2D eigenvalue weighted by Gasteiger charge is -2.32. The van der Waals surface area contributed by atoms with Gasteiger partial charge in [-0.25, -0.2) is 0 Å². The molecule has 62 heavy (non-hydrogen) atoms. The van der Waals surface area contributed by atoms with Gasteiger partial charge in [0.25, 0.3) is 0 Å². The molecule has 0 saturated heterocycles. The molecule has 0 N–H and O–H groups in total. The molecule has 2 aliphatic carbocycles. The van der Waals surface area contributed by atoms with E-state index in [9.17, 15) is 0 Å². The van der Waals surface area contributed by atoms with Crippen LogP contribution in [0.3, 0.4) is 0 Å². The van der Waals surface area contributed by atoms with Gasteiger partial charge in [0.15, 0.2) is 0 Å². The van der Waals surface area contributed by atoms with E-state index in [0.717, 1.165) is 17.1 Å². The molecule has 0 amide bonds. The number of anilines is 3. The van der Waals surface area contributed by atoms with Crippen molar-refractivity contribution < 1.29 is 0 Å². The highest BCUT2D eigenvalue weighted by Crippen LogP contribution is 2.64. The lowest BCUT2D eigenvalue weighted by molar-refractivity contribution is 0.794. The highest BCUT2D eigenvalue weighted by molar-refractivity contribution is 6.30. The summed E-state index contributed by atoms with van der Waals surface area (Å²) in [5.74, 6) is 0. The van der Waals surface area contributed by atoms with Crippen molar-refractivity contribution in [2.45, 2.75) is 5.41 Å². The maximum absolute atomic E-state index is 2.64. The van der Waals surface area contributed by atoms with Gasteiger partial charge in [0, 0.05) is 49.6 Å². The average Bonchev–Trinajstić information content (AvgIpc) is 4.01. The van der Waals surface area contributed by atoms with Crippen LogP contribution in [0.1, 0.15) is 22.3 Å². The van der Waals surface area contributed by atoms with Gasteiger partial charge in [0.2, 0.25) is 0 Å². The van der Waals surface area contributed by atoms with Crippen molar-refractivity contribution in [2.24, 2.45) is 0 Å². The normalized spacial score (nSPS) is 15.2. The smallest absolute Gasteiger partial charge is 0.0785 e. The van der Waals surface area contributed by atoms with Crippen LogP contribution in [0.15, 0.2) is 212 Å². The molecule has 0 aliphatic heterocycles. The van der Waals surface area contributed by atoms with Gasteiger partial charge in [-0.05, 0) is 98.9 Å². The van der Waals surface area contributed by atoms with Crippen molar-refractivity contribution in [3.8, 4) is 22.3 Å². The largest absolute Gasteiger partial charge is 0.310 e. The van der Waals surface area contributed by atoms with Crippen molar-refractivity contribution >= 4 is 82.5 Å². The molecule has 2 aliphatic rings. The van der Waals surface area contributed by atoms with Crippen LogP contribution in [0.5, 0.6) is 0 Å². The third kappa shape index (κ3) is 3.80. The number of hydrogen-bond acceptors (Lipinski definition) is 1. The van der Waals surface area contributed by atoms with E-state index in [0.29, 0.717) is 0 Å². The van der Waals surface area contributed by atoms with Gasteiger partial charge in [0.1, 0.15) is 0 Å². The lowest BCUT2D eigenvalue weighted by Crippen LogP contribution is -2.26. The molecular weight excluding hydrogens is 751 g/mol. The quantitative estimate of drug-likeness (QED) is 0.174. The maximum atomic E-state index is 2.64. The van der Waals surface area contributed by atoms with E-state index in [1.807, 2.05) is 0 Å². The number of benzene rings is 10. The molecule has 10 aromatic carbocycles. The molecule has 3 heteroatoms. The number of rotatable bonds is 3. The van der Waals surface area contributed by atoms with Crippen LogP contribution >= 0.6 is 0 Å². The Bertz CT molecular complexity index is 4000. The molecule has 0 radical (unpaired) electrons. The van der Waals surface area contributed by atoms with Gasteiger partial charge in [-0.1, -0.05) is 158 Å². The van der Waals surface area contributed by atoms with Crippen LogP contribution in [-0.2, 0) is 5.41 Å². The highest BCUT2D eigenvalue weighted by atomic mass is 15.1. The molecule has 3 aromatic heterocycles. The Morgan fingerprint density at radius 1 is 0.323 bits per heavy atom. The topological polar surface area (TPSA) is 12.1 Å². The Hall–Kier alpha value is -8.14. The second kappa shape index (κ2) is 11.6. The number of para-hydroxylation sites is 4. The molecule has 13 aromatic rings. The summed E-state index contributed by atoms with van der Waals surface area (Å²) in [5.41, 5.74) is 20.7. The minimum absolute atomic E-state index is 0.566. The number of hydrogen-bond donors (Lipinski definition) is 0. The monoisotopic (exact) mass is 785 g/mol. The summed E-state index contributed by atoms with van der Waals surface area (Å²) in [4.78, 5) is 2.40. The van der Waals surface area contributed by atoms with Crippen LogP contribution < -0.4 is 4.90 Å². The van der Waals surface area contributed by atoms with E-state index in [-0.39, 0.29) is 0 Å². The molecule has 1 atom stereocenters. The third-order valence-corrected chi connectivity index (χ3v) is 14.4. The van der Waals surface area contributed by atoms with Gasteiger partial charge in [0.05, 0.1) is 38.5 Å². The van der Waals surface area contributed by atoms with E-state index in [1.54, 1.807) is 0 Å².